The van der Waals surface area contributed by atoms with Crippen LogP contribution in [0.1, 0.15) is 42.8 Å². The van der Waals surface area contributed by atoms with Crippen molar-refractivity contribution in [2.24, 2.45) is 0 Å². The molecule has 4 aromatic rings. The van der Waals surface area contributed by atoms with Gasteiger partial charge in [-0.15, -0.1) is 0 Å². The summed E-state index contributed by atoms with van der Waals surface area (Å²) >= 11 is 0. The minimum atomic E-state index is -0.247. The molecular weight excluding hydrogens is 466 g/mol. The minimum Gasteiger partial charge on any atom is -0.493 e. The number of carbonyl (C=O) groups is 1. The molecular formula is C30H35N3O4. The van der Waals surface area contributed by atoms with Gasteiger partial charge in [-0.05, 0) is 68.1 Å². The second-order valence-corrected chi connectivity index (χ2v) is 9.09. The number of nitrogens with zero attached hydrogens (tertiary/aromatic N) is 2. The van der Waals surface area contributed by atoms with Crippen LogP contribution in [0.2, 0.25) is 0 Å². The number of nitrogens with one attached hydrogen (secondary N) is 1. The highest BCUT2D eigenvalue weighted by Crippen LogP contribution is 2.28. The molecule has 4 rings (SSSR count). The molecule has 194 valence electrons. The average Bonchev–Trinajstić information content (AvgIpc) is 3.28. The van der Waals surface area contributed by atoms with Gasteiger partial charge in [-0.3, -0.25) is 4.79 Å². The van der Waals surface area contributed by atoms with Crippen LogP contribution in [0.25, 0.3) is 11.0 Å². The van der Waals surface area contributed by atoms with Crippen molar-refractivity contribution < 1.29 is 19.0 Å². The van der Waals surface area contributed by atoms with Gasteiger partial charge >= 0.3 is 0 Å². The van der Waals surface area contributed by atoms with Crippen LogP contribution in [0.4, 0.5) is 0 Å². The maximum Gasteiger partial charge on any atom is 0.224 e. The van der Waals surface area contributed by atoms with Crippen molar-refractivity contribution in [3.63, 3.8) is 0 Å². The number of para-hydroxylation sites is 3. The largest absolute Gasteiger partial charge is 0.493 e. The van der Waals surface area contributed by atoms with Gasteiger partial charge in [0, 0.05) is 6.54 Å². The van der Waals surface area contributed by atoms with Gasteiger partial charge in [0.1, 0.15) is 11.6 Å². The third kappa shape index (κ3) is 6.42. The zero-order chi connectivity index (χ0) is 26.2. The Morgan fingerprint density at radius 1 is 0.946 bits per heavy atom. The van der Waals surface area contributed by atoms with Crippen molar-refractivity contribution in [1.82, 2.24) is 14.9 Å². The third-order valence-corrected chi connectivity index (χ3v) is 6.39. The van der Waals surface area contributed by atoms with E-state index in [1.54, 1.807) is 14.2 Å². The summed E-state index contributed by atoms with van der Waals surface area (Å²) in [6.45, 7) is 5.48. The minimum absolute atomic E-state index is 0.0787. The van der Waals surface area contributed by atoms with Crippen LogP contribution in [-0.4, -0.2) is 36.3 Å². The van der Waals surface area contributed by atoms with Crippen LogP contribution >= 0.6 is 0 Å². The van der Waals surface area contributed by atoms with Gasteiger partial charge in [0.15, 0.2) is 11.5 Å². The van der Waals surface area contributed by atoms with E-state index in [0.29, 0.717) is 18.1 Å². The Labute approximate surface area is 218 Å². The number of aryl methyl sites for hydroxylation is 2. The van der Waals surface area contributed by atoms with E-state index >= 15 is 0 Å². The number of unbranched alkanes of at least 4 members (excludes halogenated alkanes) is 1. The highest BCUT2D eigenvalue weighted by atomic mass is 16.5. The third-order valence-electron chi connectivity index (χ3n) is 6.39. The van der Waals surface area contributed by atoms with Gasteiger partial charge in [0.05, 0.1) is 44.3 Å². The van der Waals surface area contributed by atoms with Gasteiger partial charge in [-0.25, -0.2) is 4.98 Å². The molecule has 0 fully saturated rings. The molecule has 3 aromatic carbocycles. The highest BCUT2D eigenvalue weighted by Gasteiger charge is 2.19. The normalized spacial score (nSPS) is 11.8. The summed E-state index contributed by atoms with van der Waals surface area (Å²) in [6, 6.07) is 21.4. The zero-order valence-electron chi connectivity index (χ0n) is 22.0. The molecule has 1 unspecified atom stereocenters. The molecule has 1 atom stereocenters. The second kappa shape index (κ2) is 12.3. The first kappa shape index (κ1) is 26.1. The molecule has 37 heavy (non-hydrogen) atoms. The number of benzene rings is 3. The number of hydrogen-bond acceptors (Lipinski definition) is 5. The SMILES string of the molecule is COc1ccc(CC(=O)NC(C)c2nc3ccccc3n2CCCCOc2ccccc2C)cc1OC. The molecule has 1 heterocycles. The topological polar surface area (TPSA) is 74.6 Å². The molecule has 0 aliphatic rings. The Morgan fingerprint density at radius 3 is 2.49 bits per heavy atom. The van der Waals surface area contributed by atoms with E-state index in [4.69, 9.17) is 19.2 Å². The Kier molecular flexibility index (Phi) is 8.67. The van der Waals surface area contributed by atoms with Crippen molar-refractivity contribution in [3.8, 4) is 17.2 Å². The molecule has 0 saturated carbocycles. The lowest BCUT2D eigenvalue weighted by atomic mass is 10.1. The van der Waals surface area contributed by atoms with Gasteiger partial charge < -0.3 is 24.1 Å². The predicted molar refractivity (Wildman–Crippen MR) is 145 cm³/mol. The molecule has 0 saturated heterocycles. The van der Waals surface area contributed by atoms with Crippen molar-refractivity contribution in [3.05, 3.63) is 83.7 Å². The molecule has 7 nitrogen and oxygen atoms in total. The van der Waals surface area contributed by atoms with Gasteiger partial charge in [0.2, 0.25) is 5.91 Å². The lowest BCUT2D eigenvalue weighted by molar-refractivity contribution is -0.121. The van der Waals surface area contributed by atoms with Crippen molar-refractivity contribution >= 4 is 16.9 Å². The Balaban J connectivity index is 1.40. The van der Waals surface area contributed by atoms with Crippen LogP contribution in [0.15, 0.2) is 66.7 Å². The quantitative estimate of drug-likeness (QED) is 0.254. The molecule has 1 amide bonds. The van der Waals surface area contributed by atoms with Crippen LogP contribution in [0.3, 0.4) is 0 Å². The number of ether oxygens (including phenoxy) is 3. The molecule has 0 aliphatic heterocycles. The number of amides is 1. The molecule has 7 heteroatoms. The number of hydrogen-bond donors (Lipinski definition) is 1. The summed E-state index contributed by atoms with van der Waals surface area (Å²) in [5, 5.41) is 3.12. The molecule has 0 aliphatic carbocycles. The Hall–Kier alpha value is -4.00. The Morgan fingerprint density at radius 2 is 1.70 bits per heavy atom. The summed E-state index contributed by atoms with van der Waals surface area (Å²) in [6.07, 6.45) is 2.09. The van der Waals surface area contributed by atoms with Gasteiger partial charge in [0.25, 0.3) is 0 Å². The van der Waals surface area contributed by atoms with Crippen molar-refractivity contribution in [2.75, 3.05) is 20.8 Å². The number of methoxy groups -OCH3 is 2. The molecule has 1 aromatic heterocycles. The maximum atomic E-state index is 12.9. The lowest BCUT2D eigenvalue weighted by Crippen LogP contribution is -2.30. The summed E-state index contributed by atoms with van der Waals surface area (Å²) in [4.78, 5) is 17.8. The van der Waals surface area contributed by atoms with E-state index in [1.807, 2.05) is 61.5 Å². The number of fused-ring (bicyclic) bond motifs is 1. The number of carbonyl (C=O) groups excluding carboxylic acids is 1. The predicted octanol–water partition coefficient (Wildman–Crippen LogP) is 5.64. The van der Waals surface area contributed by atoms with Gasteiger partial charge in [-0.1, -0.05) is 36.4 Å². The fraction of sp³-hybridized carbons (Fsp3) is 0.333. The lowest BCUT2D eigenvalue weighted by Gasteiger charge is -2.17. The summed E-state index contributed by atoms with van der Waals surface area (Å²) in [5.41, 5.74) is 3.99. The highest BCUT2D eigenvalue weighted by molar-refractivity contribution is 5.80. The van der Waals surface area contributed by atoms with E-state index in [1.165, 1.54) is 0 Å². The van der Waals surface area contributed by atoms with E-state index in [9.17, 15) is 4.79 Å². The van der Waals surface area contributed by atoms with E-state index in [0.717, 1.165) is 53.1 Å². The molecule has 0 spiro atoms. The fourth-order valence-corrected chi connectivity index (χ4v) is 4.47. The first-order chi connectivity index (χ1) is 18.0. The number of aromatic nitrogens is 2. The molecule has 0 radical (unpaired) electrons. The average molecular weight is 502 g/mol. The van der Waals surface area contributed by atoms with Crippen LogP contribution in [-0.2, 0) is 17.8 Å². The molecule has 0 bridgehead atoms. The van der Waals surface area contributed by atoms with E-state index in [-0.39, 0.29) is 18.4 Å². The van der Waals surface area contributed by atoms with Gasteiger partial charge in [-0.2, -0.15) is 0 Å². The van der Waals surface area contributed by atoms with Crippen molar-refractivity contribution in [2.45, 2.75) is 45.7 Å². The second-order valence-electron chi connectivity index (χ2n) is 9.09. The standard InChI is InChI=1S/C30H35N3O4/c1-21-11-5-8-14-26(21)37-18-10-9-17-33-25-13-7-6-12-24(25)32-30(33)22(2)31-29(34)20-23-15-16-27(35-3)28(19-23)36-4/h5-8,11-16,19,22H,9-10,17-18,20H2,1-4H3,(H,31,34). The summed E-state index contributed by atoms with van der Waals surface area (Å²) < 4.78 is 18.8. The van der Waals surface area contributed by atoms with E-state index in [2.05, 4.69) is 28.9 Å². The van der Waals surface area contributed by atoms with Crippen molar-refractivity contribution in [1.29, 1.82) is 0 Å². The maximum absolute atomic E-state index is 12.9. The molecule has 1 N–H and O–H groups in total. The van der Waals surface area contributed by atoms with E-state index < -0.39 is 0 Å². The van der Waals surface area contributed by atoms with Crippen LogP contribution in [0.5, 0.6) is 17.2 Å². The van der Waals surface area contributed by atoms with Crippen LogP contribution in [0, 0.1) is 6.92 Å². The first-order valence-electron chi connectivity index (χ1n) is 12.6. The smallest absolute Gasteiger partial charge is 0.224 e. The summed E-state index contributed by atoms with van der Waals surface area (Å²) in [5.74, 6) is 2.95. The Bertz CT molecular complexity index is 1350. The fourth-order valence-electron chi connectivity index (χ4n) is 4.47. The zero-order valence-corrected chi connectivity index (χ0v) is 22.0. The van der Waals surface area contributed by atoms with Crippen LogP contribution < -0.4 is 19.5 Å². The monoisotopic (exact) mass is 501 g/mol. The first-order valence-corrected chi connectivity index (χ1v) is 12.6. The number of rotatable bonds is 12. The summed E-state index contributed by atoms with van der Waals surface area (Å²) in [7, 11) is 3.18. The number of imidazole rings is 1.